The molecule has 0 spiro atoms. The van der Waals surface area contributed by atoms with Crippen molar-refractivity contribution in [3.05, 3.63) is 82.6 Å². The van der Waals surface area contributed by atoms with Crippen molar-refractivity contribution in [3.63, 3.8) is 0 Å². The van der Waals surface area contributed by atoms with E-state index in [-0.39, 0.29) is 11.8 Å². The number of halogens is 1. The zero-order chi connectivity index (χ0) is 22.4. The number of rotatable bonds is 7. The molecule has 160 valence electrons. The summed E-state index contributed by atoms with van der Waals surface area (Å²) in [6, 6.07) is 17.3. The molecule has 3 aromatic rings. The van der Waals surface area contributed by atoms with Crippen molar-refractivity contribution in [3.8, 4) is 11.3 Å². The van der Waals surface area contributed by atoms with Gasteiger partial charge < -0.3 is 9.73 Å². The average molecular weight is 438 g/mol. The molecule has 1 unspecified atom stereocenters. The van der Waals surface area contributed by atoms with Crippen molar-refractivity contribution in [2.75, 3.05) is 0 Å². The van der Waals surface area contributed by atoms with E-state index in [9.17, 15) is 9.59 Å². The van der Waals surface area contributed by atoms with Gasteiger partial charge >= 0.3 is 0 Å². The molecule has 1 atom stereocenters. The summed E-state index contributed by atoms with van der Waals surface area (Å²) in [4.78, 5) is 25.0. The van der Waals surface area contributed by atoms with Gasteiger partial charge in [0.05, 0.1) is 6.21 Å². The minimum absolute atomic E-state index is 0.121. The Bertz CT molecular complexity index is 1070. The Hall–Kier alpha value is -3.38. The van der Waals surface area contributed by atoms with Gasteiger partial charge in [0.2, 0.25) is 0 Å². The van der Waals surface area contributed by atoms with Crippen molar-refractivity contribution in [1.82, 2.24) is 10.7 Å². The Labute approximate surface area is 186 Å². The van der Waals surface area contributed by atoms with E-state index in [1.807, 2.05) is 51.1 Å². The van der Waals surface area contributed by atoms with Crippen LogP contribution < -0.4 is 10.7 Å². The fourth-order valence-electron chi connectivity index (χ4n) is 2.89. The molecular formula is C24H24ClN3O3. The number of hydrogen-bond acceptors (Lipinski definition) is 4. The van der Waals surface area contributed by atoms with Crippen LogP contribution in [0.2, 0.25) is 5.02 Å². The second-order valence-corrected chi connectivity index (χ2v) is 7.94. The van der Waals surface area contributed by atoms with Gasteiger partial charge in [-0.3, -0.25) is 9.59 Å². The molecular weight excluding hydrogens is 414 g/mol. The summed E-state index contributed by atoms with van der Waals surface area (Å²) in [6.07, 6.45) is 1.41. The van der Waals surface area contributed by atoms with Crippen LogP contribution in [-0.4, -0.2) is 24.1 Å². The predicted octanol–water partition coefficient (Wildman–Crippen LogP) is 4.81. The Kier molecular flexibility index (Phi) is 7.26. The van der Waals surface area contributed by atoms with E-state index in [0.717, 1.165) is 11.1 Å². The van der Waals surface area contributed by atoms with Crippen molar-refractivity contribution in [2.45, 2.75) is 26.8 Å². The molecule has 0 saturated carbocycles. The summed E-state index contributed by atoms with van der Waals surface area (Å²) in [5.41, 5.74) is 4.91. The summed E-state index contributed by atoms with van der Waals surface area (Å²) in [5.74, 6) is 0.308. The quantitative estimate of drug-likeness (QED) is 0.411. The number of benzene rings is 2. The Morgan fingerprint density at radius 2 is 1.68 bits per heavy atom. The molecule has 3 rings (SSSR count). The Morgan fingerprint density at radius 3 is 2.32 bits per heavy atom. The van der Waals surface area contributed by atoms with Gasteiger partial charge in [-0.05, 0) is 61.4 Å². The molecule has 2 amide bonds. The van der Waals surface area contributed by atoms with Gasteiger partial charge in [0.1, 0.15) is 17.6 Å². The molecule has 7 heteroatoms. The van der Waals surface area contributed by atoms with E-state index < -0.39 is 11.9 Å². The van der Waals surface area contributed by atoms with E-state index in [1.54, 1.807) is 30.3 Å². The summed E-state index contributed by atoms with van der Waals surface area (Å²) in [7, 11) is 0. The number of amides is 2. The second-order valence-electron chi connectivity index (χ2n) is 7.50. The van der Waals surface area contributed by atoms with Crippen molar-refractivity contribution < 1.29 is 14.0 Å². The van der Waals surface area contributed by atoms with E-state index in [2.05, 4.69) is 15.8 Å². The summed E-state index contributed by atoms with van der Waals surface area (Å²) >= 11 is 5.90. The number of furan rings is 1. The zero-order valence-corrected chi connectivity index (χ0v) is 18.3. The van der Waals surface area contributed by atoms with Crippen LogP contribution in [0.1, 0.15) is 35.5 Å². The highest BCUT2D eigenvalue weighted by Gasteiger charge is 2.24. The van der Waals surface area contributed by atoms with E-state index in [0.29, 0.717) is 22.1 Å². The van der Waals surface area contributed by atoms with Gasteiger partial charge in [0.25, 0.3) is 11.8 Å². The number of hydrogen-bond donors (Lipinski definition) is 2. The van der Waals surface area contributed by atoms with Crippen LogP contribution in [0.5, 0.6) is 0 Å². The van der Waals surface area contributed by atoms with Gasteiger partial charge in [-0.2, -0.15) is 5.10 Å². The highest BCUT2D eigenvalue weighted by atomic mass is 35.5. The fraction of sp³-hybridized carbons (Fsp3) is 0.208. The van der Waals surface area contributed by atoms with Gasteiger partial charge in [-0.15, -0.1) is 0 Å². The molecule has 0 aliphatic carbocycles. The first-order valence-corrected chi connectivity index (χ1v) is 10.3. The van der Waals surface area contributed by atoms with E-state index >= 15 is 0 Å². The fourth-order valence-corrected chi connectivity index (χ4v) is 3.01. The first-order chi connectivity index (χ1) is 14.8. The lowest BCUT2D eigenvalue weighted by molar-refractivity contribution is -0.123. The molecule has 6 nitrogen and oxygen atoms in total. The first kappa shape index (κ1) is 22.3. The molecule has 2 aromatic carbocycles. The minimum Gasteiger partial charge on any atom is -0.455 e. The molecule has 0 fully saturated rings. The van der Waals surface area contributed by atoms with Crippen LogP contribution in [0.4, 0.5) is 0 Å². The molecule has 0 bridgehead atoms. The number of hydrazone groups is 1. The largest absolute Gasteiger partial charge is 0.455 e. The first-order valence-electron chi connectivity index (χ1n) is 9.89. The number of nitrogens with zero attached hydrogens (tertiary/aromatic N) is 1. The van der Waals surface area contributed by atoms with Crippen molar-refractivity contribution in [2.24, 2.45) is 11.0 Å². The third-order valence-corrected chi connectivity index (χ3v) is 4.92. The highest BCUT2D eigenvalue weighted by molar-refractivity contribution is 6.30. The van der Waals surface area contributed by atoms with Gasteiger partial charge in [-0.1, -0.05) is 43.1 Å². The van der Waals surface area contributed by atoms with Crippen LogP contribution >= 0.6 is 11.6 Å². The van der Waals surface area contributed by atoms with Gasteiger partial charge in [-0.25, -0.2) is 5.43 Å². The number of carbonyl (C=O) groups excluding carboxylic acids is 2. The number of nitrogens with one attached hydrogen (secondary N) is 2. The summed E-state index contributed by atoms with van der Waals surface area (Å²) in [5, 5.41) is 7.39. The Morgan fingerprint density at radius 1 is 1.00 bits per heavy atom. The molecule has 31 heavy (non-hydrogen) atoms. The summed E-state index contributed by atoms with van der Waals surface area (Å²) < 4.78 is 5.72. The third-order valence-electron chi connectivity index (χ3n) is 4.67. The molecule has 0 saturated heterocycles. The lowest BCUT2D eigenvalue weighted by Gasteiger charge is -2.20. The minimum atomic E-state index is -0.729. The number of carbonyl (C=O) groups is 2. The Balaban J connectivity index is 1.61. The molecule has 0 aliphatic rings. The van der Waals surface area contributed by atoms with Crippen LogP contribution in [-0.2, 0) is 4.79 Å². The monoisotopic (exact) mass is 437 g/mol. The molecule has 1 heterocycles. The normalized spacial score (nSPS) is 12.2. The maximum Gasteiger partial charge on any atom is 0.262 e. The lowest BCUT2D eigenvalue weighted by Crippen LogP contribution is -2.48. The maximum absolute atomic E-state index is 12.6. The lowest BCUT2D eigenvalue weighted by atomic mass is 10.0. The zero-order valence-electron chi connectivity index (χ0n) is 17.6. The third kappa shape index (κ3) is 6.06. The van der Waals surface area contributed by atoms with Crippen LogP contribution in [0.15, 0.2) is 70.2 Å². The molecule has 0 aliphatic heterocycles. The van der Waals surface area contributed by atoms with Crippen LogP contribution in [0.3, 0.4) is 0 Å². The molecule has 1 aromatic heterocycles. The highest BCUT2D eigenvalue weighted by Crippen LogP contribution is 2.23. The number of aryl methyl sites for hydroxylation is 1. The van der Waals surface area contributed by atoms with E-state index in [4.69, 9.17) is 16.0 Å². The van der Waals surface area contributed by atoms with Crippen molar-refractivity contribution in [1.29, 1.82) is 0 Å². The van der Waals surface area contributed by atoms with Gasteiger partial charge in [0.15, 0.2) is 0 Å². The van der Waals surface area contributed by atoms with E-state index in [1.165, 1.54) is 6.21 Å². The van der Waals surface area contributed by atoms with Crippen LogP contribution in [0.25, 0.3) is 11.3 Å². The topological polar surface area (TPSA) is 83.7 Å². The van der Waals surface area contributed by atoms with Crippen molar-refractivity contribution >= 4 is 29.6 Å². The van der Waals surface area contributed by atoms with Crippen LogP contribution in [0, 0.1) is 12.8 Å². The second kappa shape index (κ2) is 10.1. The standard InChI is InChI=1S/C24H24ClN3O3/c1-15(2)22(27-23(29)18-6-4-16(3)5-7-18)24(30)28-26-14-20-12-13-21(31-20)17-8-10-19(25)11-9-17/h4-15,22H,1-3H3,(H,27,29)(H,28,30). The SMILES string of the molecule is Cc1ccc(C(=O)NC(C(=O)NN=Cc2ccc(-c3ccc(Cl)cc3)o2)C(C)C)cc1. The predicted molar refractivity (Wildman–Crippen MR) is 122 cm³/mol. The average Bonchev–Trinajstić information content (AvgIpc) is 3.21. The molecule has 0 radical (unpaired) electrons. The molecule has 2 N–H and O–H groups in total. The van der Waals surface area contributed by atoms with Gasteiger partial charge in [0, 0.05) is 16.1 Å². The summed E-state index contributed by atoms with van der Waals surface area (Å²) in [6.45, 7) is 5.66. The maximum atomic E-state index is 12.6. The smallest absolute Gasteiger partial charge is 0.262 e.